The van der Waals surface area contributed by atoms with Crippen molar-refractivity contribution in [2.24, 2.45) is 11.1 Å². The first kappa shape index (κ1) is 12.8. The van der Waals surface area contributed by atoms with Gasteiger partial charge in [0.2, 0.25) is 5.91 Å². The molecule has 1 heterocycles. The number of carbonyl (C=O) groups excluding carboxylic acids is 1. The zero-order chi connectivity index (χ0) is 11.7. The van der Waals surface area contributed by atoms with Crippen LogP contribution in [-0.4, -0.2) is 29.0 Å². The lowest BCUT2D eigenvalue weighted by Gasteiger charge is -2.37. The van der Waals surface area contributed by atoms with E-state index in [4.69, 9.17) is 5.73 Å². The molecule has 1 amide bonds. The molecule has 15 heavy (non-hydrogen) atoms. The van der Waals surface area contributed by atoms with Gasteiger partial charge in [0.05, 0.1) is 5.41 Å². The third kappa shape index (κ3) is 2.88. The van der Waals surface area contributed by atoms with Gasteiger partial charge in [0.15, 0.2) is 0 Å². The summed E-state index contributed by atoms with van der Waals surface area (Å²) in [6.07, 6.45) is 1.08. The molecule has 0 aromatic heterocycles. The maximum absolute atomic E-state index is 12.1. The lowest BCUT2D eigenvalue weighted by molar-refractivity contribution is -0.132. The number of hydrogen-bond donors (Lipinski definition) is 2. The predicted molar refractivity (Wildman–Crippen MR) is 65.9 cm³/mol. The van der Waals surface area contributed by atoms with Crippen molar-refractivity contribution in [1.82, 2.24) is 5.32 Å². The largest absolute Gasteiger partial charge is 0.352 e. The van der Waals surface area contributed by atoms with E-state index < -0.39 is 11.0 Å². The topological polar surface area (TPSA) is 55.1 Å². The Morgan fingerprint density at radius 2 is 2.00 bits per heavy atom. The van der Waals surface area contributed by atoms with Gasteiger partial charge in [0, 0.05) is 17.3 Å². The molecule has 3 nitrogen and oxygen atoms in total. The SMILES string of the molecule is CC(C)(N)C(C)(C)C(=O)NC1CCSC1. The van der Waals surface area contributed by atoms with E-state index in [0.29, 0.717) is 6.04 Å². The first-order valence-corrected chi connectivity index (χ1v) is 6.58. The average Bonchev–Trinajstić information content (AvgIpc) is 2.54. The number of thioether (sulfide) groups is 1. The molecule has 1 atom stereocenters. The molecule has 3 N–H and O–H groups in total. The summed E-state index contributed by atoms with van der Waals surface area (Å²) in [5, 5.41) is 3.09. The highest BCUT2D eigenvalue weighted by molar-refractivity contribution is 7.99. The van der Waals surface area contributed by atoms with Gasteiger partial charge in [-0.2, -0.15) is 11.8 Å². The van der Waals surface area contributed by atoms with Crippen LogP contribution in [0.25, 0.3) is 0 Å². The highest BCUT2D eigenvalue weighted by Crippen LogP contribution is 2.29. The van der Waals surface area contributed by atoms with Crippen molar-refractivity contribution in [1.29, 1.82) is 0 Å². The van der Waals surface area contributed by atoms with Crippen LogP contribution in [0.4, 0.5) is 0 Å². The molecule has 0 radical (unpaired) electrons. The highest BCUT2D eigenvalue weighted by Gasteiger charge is 2.41. The number of carbonyl (C=O) groups is 1. The third-order valence-corrected chi connectivity index (χ3v) is 4.61. The summed E-state index contributed by atoms with van der Waals surface area (Å²) in [5.74, 6) is 2.26. The Labute approximate surface area is 96.6 Å². The van der Waals surface area contributed by atoms with Gasteiger partial charge in [-0.05, 0) is 39.9 Å². The van der Waals surface area contributed by atoms with Crippen LogP contribution in [0.3, 0.4) is 0 Å². The molecular weight excluding hydrogens is 208 g/mol. The van der Waals surface area contributed by atoms with Gasteiger partial charge in [-0.3, -0.25) is 4.79 Å². The minimum Gasteiger partial charge on any atom is -0.352 e. The van der Waals surface area contributed by atoms with Gasteiger partial charge in [0.1, 0.15) is 0 Å². The second-order valence-electron chi connectivity index (χ2n) is 5.38. The van der Waals surface area contributed by atoms with E-state index >= 15 is 0 Å². The second-order valence-corrected chi connectivity index (χ2v) is 6.53. The molecule has 1 fully saturated rings. The maximum Gasteiger partial charge on any atom is 0.227 e. The van der Waals surface area contributed by atoms with Crippen LogP contribution < -0.4 is 11.1 Å². The molecule has 0 saturated carbocycles. The van der Waals surface area contributed by atoms with Crippen LogP contribution in [0.2, 0.25) is 0 Å². The van der Waals surface area contributed by atoms with Gasteiger partial charge in [-0.1, -0.05) is 0 Å². The van der Waals surface area contributed by atoms with E-state index in [-0.39, 0.29) is 5.91 Å². The first-order chi connectivity index (χ1) is 6.75. The Balaban J connectivity index is 2.59. The summed E-state index contributed by atoms with van der Waals surface area (Å²) in [4.78, 5) is 12.1. The van der Waals surface area contributed by atoms with Crippen LogP contribution in [-0.2, 0) is 4.79 Å². The number of nitrogens with two attached hydrogens (primary N) is 1. The van der Waals surface area contributed by atoms with Crippen LogP contribution >= 0.6 is 11.8 Å². The summed E-state index contributed by atoms with van der Waals surface area (Å²) in [6, 6.07) is 0.337. The fraction of sp³-hybridized carbons (Fsp3) is 0.909. The van der Waals surface area contributed by atoms with Crippen LogP contribution in [0.15, 0.2) is 0 Å². The number of nitrogens with one attached hydrogen (secondary N) is 1. The Morgan fingerprint density at radius 1 is 1.40 bits per heavy atom. The van der Waals surface area contributed by atoms with E-state index in [9.17, 15) is 4.79 Å². The van der Waals surface area contributed by atoms with Gasteiger partial charge < -0.3 is 11.1 Å². The number of rotatable bonds is 3. The van der Waals surface area contributed by atoms with E-state index in [1.807, 2.05) is 39.5 Å². The molecule has 0 aliphatic carbocycles. The summed E-state index contributed by atoms with van der Waals surface area (Å²) in [7, 11) is 0. The van der Waals surface area contributed by atoms with Gasteiger partial charge in [-0.15, -0.1) is 0 Å². The van der Waals surface area contributed by atoms with Crippen molar-refractivity contribution >= 4 is 17.7 Å². The van der Waals surface area contributed by atoms with E-state index in [1.165, 1.54) is 0 Å². The molecule has 1 saturated heterocycles. The zero-order valence-electron chi connectivity index (χ0n) is 10.1. The third-order valence-electron chi connectivity index (χ3n) is 3.44. The molecule has 0 spiro atoms. The zero-order valence-corrected chi connectivity index (χ0v) is 10.9. The van der Waals surface area contributed by atoms with Crippen molar-refractivity contribution in [3.05, 3.63) is 0 Å². The standard InChI is InChI=1S/C11H22N2OS/c1-10(2,11(3,4)12)9(14)13-8-5-6-15-7-8/h8H,5-7,12H2,1-4H3,(H,13,14). The van der Waals surface area contributed by atoms with Crippen molar-refractivity contribution in [3.8, 4) is 0 Å². The lowest BCUT2D eigenvalue weighted by atomic mass is 9.74. The monoisotopic (exact) mass is 230 g/mol. The minimum atomic E-state index is -0.528. The van der Waals surface area contributed by atoms with Crippen LogP contribution in [0.1, 0.15) is 34.1 Å². The second kappa shape index (κ2) is 4.34. The molecule has 0 aromatic rings. The summed E-state index contributed by atoms with van der Waals surface area (Å²) >= 11 is 1.90. The van der Waals surface area contributed by atoms with E-state index in [0.717, 1.165) is 17.9 Å². The quantitative estimate of drug-likeness (QED) is 0.770. The normalized spacial score (nSPS) is 22.9. The van der Waals surface area contributed by atoms with E-state index in [2.05, 4.69) is 5.32 Å². The number of amides is 1. The average molecular weight is 230 g/mol. The fourth-order valence-electron chi connectivity index (χ4n) is 1.31. The Hall–Kier alpha value is -0.220. The fourth-order valence-corrected chi connectivity index (χ4v) is 2.46. The van der Waals surface area contributed by atoms with Crippen molar-refractivity contribution < 1.29 is 4.79 Å². The Bertz CT molecular complexity index is 239. The molecule has 1 aliphatic heterocycles. The Morgan fingerprint density at radius 3 is 2.40 bits per heavy atom. The molecular formula is C11H22N2OS. The summed E-state index contributed by atoms with van der Waals surface area (Å²) in [5.41, 5.74) is 5.00. The molecule has 88 valence electrons. The lowest BCUT2D eigenvalue weighted by Crippen LogP contribution is -2.57. The van der Waals surface area contributed by atoms with Crippen molar-refractivity contribution in [2.75, 3.05) is 11.5 Å². The molecule has 0 aromatic carbocycles. The van der Waals surface area contributed by atoms with Crippen molar-refractivity contribution in [2.45, 2.75) is 45.7 Å². The predicted octanol–water partition coefficient (Wildman–Crippen LogP) is 1.37. The van der Waals surface area contributed by atoms with Crippen LogP contribution in [0, 0.1) is 5.41 Å². The maximum atomic E-state index is 12.1. The molecule has 1 aliphatic rings. The smallest absolute Gasteiger partial charge is 0.227 e. The van der Waals surface area contributed by atoms with Crippen molar-refractivity contribution in [3.63, 3.8) is 0 Å². The molecule has 0 bridgehead atoms. The highest BCUT2D eigenvalue weighted by atomic mass is 32.2. The molecule has 1 rings (SSSR count). The van der Waals surface area contributed by atoms with E-state index in [1.54, 1.807) is 0 Å². The Kier molecular flexibility index (Phi) is 3.71. The van der Waals surface area contributed by atoms with Gasteiger partial charge in [0.25, 0.3) is 0 Å². The summed E-state index contributed by atoms with van der Waals surface area (Å²) in [6.45, 7) is 7.61. The van der Waals surface area contributed by atoms with Gasteiger partial charge in [-0.25, -0.2) is 0 Å². The molecule has 1 unspecified atom stereocenters. The minimum absolute atomic E-state index is 0.0718. The first-order valence-electron chi connectivity index (χ1n) is 5.43. The molecule has 4 heteroatoms. The number of hydrogen-bond acceptors (Lipinski definition) is 3. The van der Waals surface area contributed by atoms with Crippen LogP contribution in [0.5, 0.6) is 0 Å². The van der Waals surface area contributed by atoms with Gasteiger partial charge >= 0.3 is 0 Å². The summed E-state index contributed by atoms with van der Waals surface area (Å²) < 4.78 is 0.